The molecule has 3 aliphatic rings. The van der Waals surface area contributed by atoms with Crippen molar-refractivity contribution in [1.29, 1.82) is 5.26 Å². The number of carboxylic acids is 1. The van der Waals surface area contributed by atoms with Gasteiger partial charge in [0.15, 0.2) is 11.9 Å². The highest BCUT2D eigenvalue weighted by molar-refractivity contribution is 6.42. The quantitative estimate of drug-likeness (QED) is 0.129. The van der Waals surface area contributed by atoms with Crippen molar-refractivity contribution in [3.05, 3.63) is 152 Å². The number of hydrogen-bond acceptors (Lipinski definition) is 7. The number of amides is 1. The number of fused-ring (bicyclic) bond motifs is 2. The van der Waals surface area contributed by atoms with Gasteiger partial charge in [0.25, 0.3) is 0 Å². The van der Waals surface area contributed by atoms with Crippen molar-refractivity contribution in [2.45, 2.75) is 63.4 Å². The summed E-state index contributed by atoms with van der Waals surface area (Å²) in [5, 5.41) is 23.1. The van der Waals surface area contributed by atoms with Crippen molar-refractivity contribution in [3.8, 4) is 28.7 Å². The van der Waals surface area contributed by atoms with Crippen molar-refractivity contribution in [3.63, 3.8) is 0 Å². The summed E-state index contributed by atoms with van der Waals surface area (Å²) in [6, 6.07) is 31.9. The lowest BCUT2D eigenvalue weighted by atomic mass is 9.88. The van der Waals surface area contributed by atoms with Crippen LogP contribution in [0, 0.1) is 17.2 Å². The largest absolute Gasteiger partial charge is 0.489 e. The third kappa shape index (κ3) is 8.84. The van der Waals surface area contributed by atoms with Gasteiger partial charge in [0.2, 0.25) is 5.91 Å². The van der Waals surface area contributed by atoms with Gasteiger partial charge in [-0.25, -0.2) is 4.79 Å². The maximum atomic E-state index is 14.0. The van der Waals surface area contributed by atoms with E-state index < -0.39 is 24.2 Å². The number of halogens is 2. The molecule has 1 fully saturated rings. The van der Waals surface area contributed by atoms with E-state index in [1.54, 1.807) is 24.3 Å². The maximum absolute atomic E-state index is 14.0. The Morgan fingerprint density at radius 1 is 0.877 bits per heavy atom. The zero-order valence-corrected chi connectivity index (χ0v) is 32.4. The lowest BCUT2D eigenvalue weighted by Crippen LogP contribution is -2.54. The molecule has 0 saturated heterocycles. The summed E-state index contributed by atoms with van der Waals surface area (Å²) in [7, 11) is 0. The molecule has 1 amide bonds. The summed E-state index contributed by atoms with van der Waals surface area (Å²) in [5.41, 5.74) is 7.63. The van der Waals surface area contributed by atoms with E-state index in [2.05, 4.69) is 16.3 Å². The summed E-state index contributed by atoms with van der Waals surface area (Å²) >= 11 is 12.2. The number of aliphatic carboxylic acids is 1. The highest BCUT2D eigenvalue weighted by Gasteiger charge is 2.38. The minimum Gasteiger partial charge on any atom is -0.489 e. The topological polar surface area (TPSA) is 129 Å². The molecule has 0 spiro atoms. The Bertz CT molecular complexity index is 2370. The van der Waals surface area contributed by atoms with Crippen LogP contribution in [-0.4, -0.2) is 46.3 Å². The number of nitrogens with one attached hydrogen (secondary N) is 1. The fraction of sp³-hybridized carbons (Fsp3) is 0.261. The number of hydrogen-bond donors (Lipinski definition) is 2. The number of rotatable bonds is 12. The first-order chi connectivity index (χ1) is 27.6. The van der Waals surface area contributed by atoms with Crippen LogP contribution in [0.15, 0.2) is 103 Å². The number of carbonyl (C=O) groups is 3. The summed E-state index contributed by atoms with van der Waals surface area (Å²) in [5.74, 6) is 0.303. The van der Waals surface area contributed by atoms with Gasteiger partial charge in [0.05, 0.1) is 27.7 Å². The van der Waals surface area contributed by atoms with Crippen molar-refractivity contribution in [1.82, 2.24) is 10.2 Å². The molecule has 288 valence electrons. The second kappa shape index (κ2) is 16.4. The molecule has 57 heavy (non-hydrogen) atoms. The van der Waals surface area contributed by atoms with E-state index in [1.807, 2.05) is 78.9 Å². The molecule has 9 nitrogen and oxygen atoms in total. The molecule has 2 aliphatic heterocycles. The predicted molar refractivity (Wildman–Crippen MR) is 216 cm³/mol. The standard InChI is InChI=1S/C46H39Cl2N3O6/c47-38-16-7-30(17-39(38)48)26-56-37-14-12-33(13-15-37)44-42(52)21-35-19-34-20-41(51(24-29-1-2-29)25-36(34)22-43(35)57-44)45(53)50-40(46(54)55)18-27-3-8-31(9-4-27)32-10-5-28(23-49)6-11-32/h3-17,19,22,29,40-41,44H,1-2,18,20-21,24-26H2,(H,50,53)(H,54,55)/t40-,41-,44?/m0/s1. The van der Waals surface area contributed by atoms with E-state index in [4.69, 9.17) is 37.9 Å². The van der Waals surface area contributed by atoms with Gasteiger partial charge in [-0.2, -0.15) is 5.26 Å². The van der Waals surface area contributed by atoms with Gasteiger partial charge in [0, 0.05) is 37.1 Å². The van der Waals surface area contributed by atoms with Gasteiger partial charge in [-0.3, -0.25) is 14.5 Å². The predicted octanol–water partition coefficient (Wildman–Crippen LogP) is 8.31. The van der Waals surface area contributed by atoms with E-state index in [1.165, 1.54) is 0 Å². The van der Waals surface area contributed by atoms with Crippen LogP contribution in [0.3, 0.4) is 0 Å². The molecule has 5 aromatic rings. The molecule has 11 heteroatoms. The third-order valence-corrected chi connectivity index (χ3v) is 11.7. The zero-order chi connectivity index (χ0) is 39.6. The average molecular weight is 801 g/mol. The number of benzene rings is 5. The SMILES string of the molecule is N#Cc1ccc(-c2ccc(C[C@H](NC(=O)[C@@H]3Cc4cc5c(cc4CN3CC3CC3)OC(c3ccc(OCc4ccc(Cl)c(Cl)c4)cc3)C(=O)C5)C(=O)O)cc2)cc1. The molecular formula is C46H39Cl2N3O6. The van der Waals surface area contributed by atoms with Gasteiger partial charge in [-0.15, -0.1) is 0 Å². The molecule has 0 aromatic heterocycles. The third-order valence-electron chi connectivity index (χ3n) is 10.9. The van der Waals surface area contributed by atoms with Crippen LogP contribution >= 0.6 is 23.2 Å². The van der Waals surface area contributed by atoms with Gasteiger partial charge >= 0.3 is 5.97 Å². The van der Waals surface area contributed by atoms with Crippen LogP contribution in [0.4, 0.5) is 0 Å². The second-order valence-corrected chi connectivity index (χ2v) is 15.9. The van der Waals surface area contributed by atoms with Crippen LogP contribution in [0.5, 0.6) is 11.5 Å². The fourth-order valence-electron chi connectivity index (χ4n) is 7.59. The van der Waals surface area contributed by atoms with Crippen LogP contribution < -0.4 is 14.8 Å². The lowest BCUT2D eigenvalue weighted by Gasteiger charge is -2.37. The molecule has 1 unspecified atom stereocenters. The van der Waals surface area contributed by atoms with Gasteiger partial charge in [0.1, 0.15) is 24.1 Å². The van der Waals surface area contributed by atoms with E-state index in [9.17, 15) is 19.5 Å². The zero-order valence-electron chi connectivity index (χ0n) is 30.9. The molecule has 5 aromatic carbocycles. The second-order valence-electron chi connectivity index (χ2n) is 15.1. The van der Waals surface area contributed by atoms with Crippen molar-refractivity contribution in [2.24, 2.45) is 5.92 Å². The molecule has 1 saturated carbocycles. The van der Waals surface area contributed by atoms with Crippen LogP contribution in [0.2, 0.25) is 10.0 Å². The Labute approximate surface area is 340 Å². The molecule has 8 rings (SSSR count). The molecule has 3 atom stereocenters. The number of carboxylic acid groups (broad SMARTS) is 1. The van der Waals surface area contributed by atoms with Gasteiger partial charge in [-0.1, -0.05) is 83.9 Å². The lowest BCUT2D eigenvalue weighted by molar-refractivity contribution is -0.142. The van der Waals surface area contributed by atoms with Crippen LogP contribution in [0.25, 0.3) is 11.1 Å². The summed E-state index contributed by atoms with van der Waals surface area (Å²) in [6.45, 7) is 1.56. The Kier molecular flexibility index (Phi) is 11.0. The van der Waals surface area contributed by atoms with Gasteiger partial charge in [-0.05, 0) is 101 Å². The first-order valence-electron chi connectivity index (χ1n) is 19.0. The monoisotopic (exact) mass is 799 g/mol. The Balaban J connectivity index is 0.937. The summed E-state index contributed by atoms with van der Waals surface area (Å²) in [6.07, 6.45) is 2.16. The number of nitriles is 1. The minimum atomic E-state index is -1.11. The number of Topliss-reactive ketones (excluding diaryl/α,β-unsaturated/α-hetero) is 1. The van der Waals surface area contributed by atoms with Crippen molar-refractivity contribution < 1.29 is 29.0 Å². The smallest absolute Gasteiger partial charge is 0.326 e. The van der Waals surface area contributed by atoms with Crippen LogP contribution in [0.1, 0.15) is 57.9 Å². The van der Waals surface area contributed by atoms with E-state index in [-0.39, 0.29) is 24.5 Å². The molecule has 1 aliphatic carbocycles. The normalized spacial score (nSPS) is 18.0. The molecule has 2 heterocycles. The first-order valence-corrected chi connectivity index (χ1v) is 19.7. The average Bonchev–Trinajstić information content (AvgIpc) is 4.04. The molecule has 0 radical (unpaired) electrons. The number of nitrogens with zero attached hydrogens (tertiary/aromatic N) is 2. The number of ether oxygens (including phenoxy) is 2. The molecular weight excluding hydrogens is 761 g/mol. The Morgan fingerprint density at radius 3 is 2.25 bits per heavy atom. The highest BCUT2D eigenvalue weighted by Crippen LogP contribution is 2.39. The highest BCUT2D eigenvalue weighted by atomic mass is 35.5. The summed E-state index contributed by atoms with van der Waals surface area (Å²) < 4.78 is 12.3. The number of ketones is 1. The van der Waals surface area contributed by atoms with Crippen molar-refractivity contribution in [2.75, 3.05) is 6.54 Å². The van der Waals surface area contributed by atoms with E-state index in [0.29, 0.717) is 52.6 Å². The fourth-order valence-corrected chi connectivity index (χ4v) is 7.91. The first kappa shape index (κ1) is 38.2. The molecule has 2 N–H and O–H groups in total. The Morgan fingerprint density at radius 2 is 1.58 bits per heavy atom. The van der Waals surface area contributed by atoms with Crippen LogP contribution in [-0.2, 0) is 46.8 Å². The van der Waals surface area contributed by atoms with E-state index >= 15 is 0 Å². The Hall–Kier alpha value is -5.66. The van der Waals surface area contributed by atoms with Gasteiger partial charge < -0.3 is 19.9 Å². The summed E-state index contributed by atoms with van der Waals surface area (Å²) in [4.78, 5) is 42.1. The molecule has 0 bridgehead atoms. The minimum absolute atomic E-state index is 0.0679. The number of carbonyl (C=O) groups excluding carboxylic acids is 2. The van der Waals surface area contributed by atoms with E-state index in [0.717, 1.165) is 63.9 Å². The van der Waals surface area contributed by atoms with Crippen molar-refractivity contribution >= 4 is 40.9 Å². The maximum Gasteiger partial charge on any atom is 0.326 e.